The van der Waals surface area contributed by atoms with Gasteiger partial charge in [-0.25, -0.2) is 8.42 Å². The van der Waals surface area contributed by atoms with E-state index in [2.05, 4.69) is 15.2 Å². The molecular formula is C22H27N5O3S2. The Morgan fingerprint density at radius 1 is 1.19 bits per heavy atom. The minimum absolute atomic E-state index is 0.145. The Bertz CT molecular complexity index is 1150. The number of amides is 1. The number of aromatic nitrogens is 3. The fourth-order valence-corrected chi connectivity index (χ4v) is 6.21. The number of carbonyl (C=O) groups excluding carboxylic acids is 1. The molecule has 1 aliphatic rings. The maximum absolute atomic E-state index is 12.8. The highest BCUT2D eigenvalue weighted by Gasteiger charge is 2.28. The number of thioether (sulfide) groups is 1. The van der Waals surface area contributed by atoms with Crippen molar-refractivity contribution in [2.24, 2.45) is 0 Å². The quantitative estimate of drug-likeness (QED) is 0.524. The van der Waals surface area contributed by atoms with Crippen molar-refractivity contribution in [3.63, 3.8) is 0 Å². The van der Waals surface area contributed by atoms with E-state index in [-0.39, 0.29) is 16.5 Å². The Labute approximate surface area is 192 Å². The Morgan fingerprint density at radius 3 is 2.69 bits per heavy atom. The van der Waals surface area contributed by atoms with Gasteiger partial charge in [0.05, 0.1) is 5.69 Å². The Kier molecular flexibility index (Phi) is 7.02. The third kappa shape index (κ3) is 5.08. The van der Waals surface area contributed by atoms with Crippen LogP contribution in [0.3, 0.4) is 0 Å². The van der Waals surface area contributed by atoms with Gasteiger partial charge in [-0.1, -0.05) is 30.3 Å². The van der Waals surface area contributed by atoms with Crippen molar-refractivity contribution >= 4 is 27.7 Å². The fraction of sp³-hybridized carbons (Fsp3) is 0.364. The number of H-pyrrole nitrogens is 2. The molecule has 4 rings (SSSR count). The summed E-state index contributed by atoms with van der Waals surface area (Å²) in [6.07, 6.45) is 2.93. The molecule has 1 saturated heterocycles. The largest absolute Gasteiger partial charge is 0.356 e. The summed E-state index contributed by atoms with van der Waals surface area (Å²) in [4.78, 5) is 17.3. The predicted octanol–water partition coefficient (Wildman–Crippen LogP) is 2.85. The Hall–Kier alpha value is -2.56. The maximum atomic E-state index is 12.8. The van der Waals surface area contributed by atoms with Crippen LogP contribution in [0.5, 0.6) is 0 Å². The van der Waals surface area contributed by atoms with Crippen LogP contribution in [-0.4, -0.2) is 76.9 Å². The van der Waals surface area contributed by atoms with Crippen LogP contribution >= 0.6 is 11.8 Å². The summed E-state index contributed by atoms with van der Waals surface area (Å²) in [5.74, 6) is 1.36. The molecule has 0 bridgehead atoms. The van der Waals surface area contributed by atoms with E-state index in [1.807, 2.05) is 36.4 Å². The first-order valence-corrected chi connectivity index (χ1v) is 13.2. The van der Waals surface area contributed by atoms with Gasteiger partial charge in [0.1, 0.15) is 10.6 Å². The zero-order valence-corrected chi connectivity index (χ0v) is 19.6. The normalized spacial score (nSPS) is 15.0. The van der Waals surface area contributed by atoms with Crippen LogP contribution in [0.4, 0.5) is 0 Å². The summed E-state index contributed by atoms with van der Waals surface area (Å²) in [5.41, 5.74) is 3.25. The van der Waals surface area contributed by atoms with Crippen LogP contribution < -0.4 is 0 Å². The summed E-state index contributed by atoms with van der Waals surface area (Å²) < 4.78 is 27.1. The minimum atomic E-state index is -3.57. The van der Waals surface area contributed by atoms with E-state index < -0.39 is 10.0 Å². The Morgan fingerprint density at radius 2 is 1.94 bits per heavy atom. The van der Waals surface area contributed by atoms with E-state index >= 15 is 0 Å². The molecule has 0 atom stereocenters. The number of rotatable bonds is 8. The van der Waals surface area contributed by atoms with Crippen LogP contribution in [0, 0.1) is 0 Å². The second-order valence-electron chi connectivity index (χ2n) is 7.74. The lowest BCUT2D eigenvalue weighted by molar-refractivity contribution is 0.0788. The molecule has 1 aromatic carbocycles. The number of aromatic amines is 2. The first kappa shape index (κ1) is 22.6. The van der Waals surface area contributed by atoms with E-state index in [1.165, 1.54) is 16.6 Å². The molecule has 1 amide bonds. The van der Waals surface area contributed by atoms with E-state index in [0.29, 0.717) is 19.6 Å². The van der Waals surface area contributed by atoms with Crippen LogP contribution in [-0.2, 0) is 16.4 Å². The van der Waals surface area contributed by atoms with Gasteiger partial charge in [0.15, 0.2) is 0 Å². The summed E-state index contributed by atoms with van der Waals surface area (Å²) in [6.45, 7) is 1.55. The molecule has 0 aliphatic carbocycles. The van der Waals surface area contributed by atoms with Crippen LogP contribution in [0.1, 0.15) is 22.6 Å². The van der Waals surface area contributed by atoms with Crippen LogP contribution in [0.25, 0.3) is 11.3 Å². The van der Waals surface area contributed by atoms with Crippen LogP contribution in [0.2, 0.25) is 0 Å². The number of hydrogen-bond acceptors (Lipinski definition) is 5. The van der Waals surface area contributed by atoms with Crippen molar-refractivity contribution in [1.29, 1.82) is 0 Å². The number of hydrogen-bond donors (Lipinski definition) is 2. The van der Waals surface area contributed by atoms with Gasteiger partial charge in [-0.15, -0.1) is 0 Å². The lowest BCUT2D eigenvalue weighted by Crippen LogP contribution is -2.37. The minimum Gasteiger partial charge on any atom is -0.356 e. The second-order valence-corrected chi connectivity index (χ2v) is 10.9. The lowest BCUT2D eigenvalue weighted by Gasteiger charge is -2.24. The third-order valence-electron chi connectivity index (χ3n) is 5.48. The van der Waals surface area contributed by atoms with Crippen molar-refractivity contribution in [2.45, 2.75) is 17.7 Å². The number of nitrogens with zero attached hydrogens (tertiary/aromatic N) is 3. The van der Waals surface area contributed by atoms with E-state index in [4.69, 9.17) is 0 Å². The molecule has 2 aromatic heterocycles. The highest BCUT2D eigenvalue weighted by atomic mass is 32.2. The summed E-state index contributed by atoms with van der Waals surface area (Å²) in [5, 5.41) is 7.42. The third-order valence-corrected chi connectivity index (χ3v) is 8.30. The average Bonchev–Trinajstić information content (AvgIpc) is 3.50. The summed E-state index contributed by atoms with van der Waals surface area (Å²) >= 11 is 1.75. The zero-order chi connectivity index (χ0) is 22.6. The summed E-state index contributed by atoms with van der Waals surface area (Å²) in [7, 11) is -1.84. The van der Waals surface area contributed by atoms with E-state index in [0.717, 1.165) is 41.3 Å². The number of nitrogens with one attached hydrogen (secondary N) is 2. The highest BCUT2D eigenvalue weighted by Crippen LogP contribution is 2.21. The lowest BCUT2D eigenvalue weighted by atomic mass is 10.1. The highest BCUT2D eigenvalue weighted by molar-refractivity contribution is 7.99. The number of carbonyl (C=O) groups is 1. The monoisotopic (exact) mass is 473 g/mol. The SMILES string of the molecule is CN(CCCc1cc(-c2ccccc2)n[nH]1)C(=O)c1cc(S(=O)(=O)N2CCSCC2)c[nH]1. The first-order chi connectivity index (χ1) is 15.4. The van der Waals surface area contributed by atoms with Gasteiger partial charge in [0, 0.05) is 55.6 Å². The van der Waals surface area contributed by atoms with Gasteiger partial charge in [-0.3, -0.25) is 9.89 Å². The van der Waals surface area contributed by atoms with Gasteiger partial charge < -0.3 is 9.88 Å². The molecule has 1 fully saturated rings. The molecule has 2 N–H and O–H groups in total. The van der Waals surface area contributed by atoms with Crippen molar-refractivity contribution in [3.8, 4) is 11.3 Å². The molecule has 170 valence electrons. The molecule has 0 spiro atoms. The van der Waals surface area contributed by atoms with E-state index in [1.54, 1.807) is 23.7 Å². The maximum Gasteiger partial charge on any atom is 0.270 e. The topological polar surface area (TPSA) is 102 Å². The molecule has 8 nitrogen and oxygen atoms in total. The van der Waals surface area contributed by atoms with Crippen molar-refractivity contribution < 1.29 is 13.2 Å². The molecular weight excluding hydrogens is 446 g/mol. The molecule has 10 heteroatoms. The van der Waals surface area contributed by atoms with E-state index in [9.17, 15) is 13.2 Å². The molecule has 0 unspecified atom stereocenters. The van der Waals surface area contributed by atoms with Gasteiger partial charge >= 0.3 is 0 Å². The molecule has 1 aliphatic heterocycles. The van der Waals surface area contributed by atoms with Gasteiger partial charge in [-0.05, 0) is 25.0 Å². The standard InChI is InChI=1S/C22H27N5O3S2/c1-26(9-5-8-18-14-20(25-24-18)17-6-3-2-4-7-17)22(28)21-15-19(16-23-21)32(29,30)27-10-12-31-13-11-27/h2-4,6-7,14-16,23H,5,8-13H2,1H3,(H,24,25). The van der Waals surface area contributed by atoms with Gasteiger partial charge in [0.25, 0.3) is 5.91 Å². The van der Waals surface area contributed by atoms with Crippen molar-refractivity contribution in [2.75, 3.05) is 38.2 Å². The Balaban J connectivity index is 1.31. The zero-order valence-electron chi connectivity index (χ0n) is 18.0. The summed E-state index contributed by atoms with van der Waals surface area (Å²) in [6, 6.07) is 13.4. The molecule has 0 saturated carbocycles. The second kappa shape index (κ2) is 9.93. The predicted molar refractivity (Wildman–Crippen MR) is 126 cm³/mol. The number of benzene rings is 1. The molecule has 32 heavy (non-hydrogen) atoms. The molecule has 3 aromatic rings. The fourth-order valence-electron chi connectivity index (χ4n) is 3.64. The van der Waals surface area contributed by atoms with Crippen molar-refractivity contribution in [3.05, 3.63) is 60.0 Å². The molecule has 3 heterocycles. The van der Waals surface area contributed by atoms with Crippen molar-refractivity contribution in [1.82, 2.24) is 24.4 Å². The smallest absolute Gasteiger partial charge is 0.270 e. The number of sulfonamides is 1. The van der Waals surface area contributed by atoms with Gasteiger partial charge in [-0.2, -0.15) is 21.2 Å². The number of aryl methyl sites for hydroxylation is 1. The van der Waals surface area contributed by atoms with Gasteiger partial charge in [0.2, 0.25) is 10.0 Å². The van der Waals surface area contributed by atoms with Crippen LogP contribution in [0.15, 0.2) is 53.6 Å². The average molecular weight is 474 g/mol. The first-order valence-electron chi connectivity index (χ1n) is 10.6. The molecule has 0 radical (unpaired) electrons.